The van der Waals surface area contributed by atoms with Crippen molar-refractivity contribution in [3.05, 3.63) is 71.8 Å². The summed E-state index contributed by atoms with van der Waals surface area (Å²) in [6, 6.07) is 12.1. The van der Waals surface area contributed by atoms with Gasteiger partial charge in [-0.2, -0.15) is 0 Å². The lowest BCUT2D eigenvalue weighted by Gasteiger charge is -2.16. The van der Waals surface area contributed by atoms with Crippen molar-refractivity contribution in [2.45, 2.75) is 12.8 Å². The summed E-state index contributed by atoms with van der Waals surface area (Å²) in [5, 5.41) is 4.88. The van der Waals surface area contributed by atoms with Gasteiger partial charge in [0.05, 0.1) is 5.92 Å². The van der Waals surface area contributed by atoms with Gasteiger partial charge in [-0.15, -0.1) is 0 Å². The van der Waals surface area contributed by atoms with E-state index in [-0.39, 0.29) is 18.3 Å². The van der Waals surface area contributed by atoms with Gasteiger partial charge in [-0.3, -0.25) is 9.78 Å². The molecule has 3 N–H and O–H groups in total. The molecule has 0 aliphatic heterocycles. The third-order valence-electron chi connectivity index (χ3n) is 4.04. The molecule has 0 aliphatic carbocycles. The van der Waals surface area contributed by atoms with Crippen LogP contribution in [0.15, 0.2) is 54.9 Å². The summed E-state index contributed by atoms with van der Waals surface area (Å²) in [5.74, 6) is -1.03. The van der Waals surface area contributed by atoms with E-state index < -0.39 is 5.92 Å². The number of rotatable bonds is 4. The molecular formula is C19H18FN3O. The van der Waals surface area contributed by atoms with Gasteiger partial charge in [0.15, 0.2) is 0 Å². The Balaban J connectivity index is 1.84. The first kappa shape index (κ1) is 16.1. The summed E-state index contributed by atoms with van der Waals surface area (Å²) in [5.41, 5.74) is 7.67. The van der Waals surface area contributed by atoms with E-state index in [1.807, 2.05) is 24.3 Å². The highest BCUT2D eigenvalue weighted by Crippen LogP contribution is 2.22. The molecule has 0 spiro atoms. The van der Waals surface area contributed by atoms with Gasteiger partial charge in [-0.1, -0.05) is 18.2 Å². The molecule has 122 valence electrons. The van der Waals surface area contributed by atoms with E-state index in [1.54, 1.807) is 31.5 Å². The van der Waals surface area contributed by atoms with Crippen molar-refractivity contribution < 1.29 is 9.18 Å². The summed E-state index contributed by atoms with van der Waals surface area (Å²) in [4.78, 5) is 16.6. The topological polar surface area (TPSA) is 68.0 Å². The van der Waals surface area contributed by atoms with Gasteiger partial charge in [0.1, 0.15) is 5.82 Å². The molecule has 3 aromatic rings. The molecule has 0 radical (unpaired) electrons. The molecule has 24 heavy (non-hydrogen) atoms. The van der Waals surface area contributed by atoms with Crippen LogP contribution in [-0.2, 0) is 4.79 Å². The molecular weight excluding hydrogens is 305 g/mol. The van der Waals surface area contributed by atoms with Crippen molar-refractivity contribution in [2.75, 3.05) is 11.9 Å². The van der Waals surface area contributed by atoms with E-state index >= 15 is 0 Å². The molecule has 1 aromatic heterocycles. The minimum absolute atomic E-state index is 0.147. The van der Waals surface area contributed by atoms with Crippen molar-refractivity contribution in [3.8, 4) is 0 Å². The number of anilines is 1. The average molecular weight is 323 g/mol. The van der Waals surface area contributed by atoms with Crippen molar-refractivity contribution in [1.82, 2.24) is 4.98 Å². The minimum atomic E-state index is -0.530. The number of halogens is 1. The fourth-order valence-corrected chi connectivity index (χ4v) is 2.67. The number of pyridine rings is 1. The number of amides is 1. The molecule has 0 bridgehead atoms. The Morgan fingerprint density at radius 2 is 2.04 bits per heavy atom. The maximum absolute atomic E-state index is 13.4. The predicted molar refractivity (Wildman–Crippen MR) is 93.3 cm³/mol. The van der Waals surface area contributed by atoms with Gasteiger partial charge in [0.25, 0.3) is 0 Å². The second-order valence-corrected chi connectivity index (χ2v) is 5.72. The molecule has 3 rings (SSSR count). The average Bonchev–Trinajstić information content (AvgIpc) is 2.58. The van der Waals surface area contributed by atoms with Crippen LogP contribution in [0.25, 0.3) is 10.8 Å². The van der Waals surface area contributed by atoms with Gasteiger partial charge in [-0.05, 0) is 47.7 Å². The first-order valence-corrected chi connectivity index (χ1v) is 7.69. The lowest BCUT2D eigenvalue weighted by atomic mass is 9.96. The Bertz CT molecular complexity index is 895. The SMILES string of the molecule is Cc1cc(C(CN)C(=O)Nc2ccc3cnccc3c2)ccc1F. The maximum atomic E-state index is 13.4. The van der Waals surface area contributed by atoms with Crippen LogP contribution in [0.3, 0.4) is 0 Å². The highest BCUT2D eigenvalue weighted by atomic mass is 19.1. The van der Waals surface area contributed by atoms with Crippen LogP contribution in [0.2, 0.25) is 0 Å². The number of hydrogen-bond donors (Lipinski definition) is 2. The van der Waals surface area contributed by atoms with Crippen molar-refractivity contribution in [2.24, 2.45) is 5.73 Å². The zero-order chi connectivity index (χ0) is 17.1. The van der Waals surface area contributed by atoms with Crippen LogP contribution in [-0.4, -0.2) is 17.4 Å². The summed E-state index contributed by atoms with van der Waals surface area (Å²) < 4.78 is 13.4. The van der Waals surface area contributed by atoms with Gasteiger partial charge in [0.2, 0.25) is 5.91 Å². The number of fused-ring (bicyclic) bond motifs is 1. The van der Waals surface area contributed by atoms with Gasteiger partial charge in [-0.25, -0.2) is 4.39 Å². The minimum Gasteiger partial charge on any atom is -0.329 e. The molecule has 1 atom stereocenters. The Morgan fingerprint density at radius 1 is 1.21 bits per heavy atom. The molecule has 1 unspecified atom stereocenters. The van der Waals surface area contributed by atoms with E-state index in [2.05, 4.69) is 10.3 Å². The Morgan fingerprint density at radius 3 is 2.79 bits per heavy atom. The Kier molecular flexibility index (Phi) is 4.53. The molecule has 4 nitrogen and oxygen atoms in total. The quantitative estimate of drug-likeness (QED) is 0.773. The summed E-state index contributed by atoms with van der Waals surface area (Å²) in [6.07, 6.45) is 3.48. The highest BCUT2D eigenvalue weighted by molar-refractivity contribution is 5.98. The molecule has 0 saturated heterocycles. The number of carbonyl (C=O) groups excluding carboxylic acids is 1. The molecule has 1 heterocycles. The lowest BCUT2D eigenvalue weighted by Crippen LogP contribution is -2.27. The first-order valence-electron chi connectivity index (χ1n) is 7.69. The lowest BCUT2D eigenvalue weighted by molar-refractivity contribution is -0.117. The number of nitrogens with two attached hydrogens (primary N) is 1. The van der Waals surface area contributed by atoms with Crippen LogP contribution < -0.4 is 11.1 Å². The number of benzene rings is 2. The Labute approximate surface area is 139 Å². The number of aryl methyl sites for hydroxylation is 1. The van der Waals surface area contributed by atoms with Crippen LogP contribution in [0.5, 0.6) is 0 Å². The van der Waals surface area contributed by atoms with Gasteiger partial charge in [0, 0.05) is 30.0 Å². The van der Waals surface area contributed by atoms with E-state index in [4.69, 9.17) is 5.73 Å². The van der Waals surface area contributed by atoms with Crippen molar-refractivity contribution in [3.63, 3.8) is 0 Å². The third kappa shape index (κ3) is 3.26. The highest BCUT2D eigenvalue weighted by Gasteiger charge is 2.20. The van der Waals surface area contributed by atoms with Crippen LogP contribution in [0, 0.1) is 12.7 Å². The number of carbonyl (C=O) groups is 1. The molecule has 0 fully saturated rings. The van der Waals surface area contributed by atoms with Crippen molar-refractivity contribution >= 4 is 22.4 Å². The standard InChI is InChI=1S/C19H18FN3O/c1-12-8-14(3-5-18(12)20)17(10-21)19(24)23-16-4-2-15-11-22-7-6-13(15)9-16/h2-9,11,17H,10,21H2,1H3,(H,23,24). The normalized spacial score (nSPS) is 12.1. The smallest absolute Gasteiger partial charge is 0.233 e. The number of nitrogens with one attached hydrogen (secondary N) is 1. The largest absolute Gasteiger partial charge is 0.329 e. The van der Waals surface area contributed by atoms with E-state index in [9.17, 15) is 9.18 Å². The van der Waals surface area contributed by atoms with E-state index in [1.165, 1.54) is 6.07 Å². The summed E-state index contributed by atoms with van der Waals surface area (Å²) >= 11 is 0. The fraction of sp³-hybridized carbons (Fsp3) is 0.158. The second kappa shape index (κ2) is 6.76. The van der Waals surface area contributed by atoms with Crippen LogP contribution in [0.4, 0.5) is 10.1 Å². The van der Waals surface area contributed by atoms with Crippen molar-refractivity contribution in [1.29, 1.82) is 0 Å². The third-order valence-corrected chi connectivity index (χ3v) is 4.04. The predicted octanol–water partition coefficient (Wildman–Crippen LogP) is 3.36. The second-order valence-electron chi connectivity index (χ2n) is 5.72. The maximum Gasteiger partial charge on any atom is 0.233 e. The summed E-state index contributed by atoms with van der Waals surface area (Å²) in [7, 11) is 0. The number of aromatic nitrogens is 1. The zero-order valence-electron chi connectivity index (χ0n) is 13.3. The Hall–Kier alpha value is -2.79. The summed E-state index contributed by atoms with van der Waals surface area (Å²) in [6.45, 7) is 1.82. The van der Waals surface area contributed by atoms with E-state index in [0.29, 0.717) is 16.8 Å². The molecule has 0 aliphatic rings. The number of nitrogens with zero attached hydrogens (tertiary/aromatic N) is 1. The monoisotopic (exact) mass is 323 g/mol. The van der Waals surface area contributed by atoms with Crippen LogP contribution in [0.1, 0.15) is 17.0 Å². The molecule has 1 amide bonds. The van der Waals surface area contributed by atoms with E-state index in [0.717, 1.165) is 10.8 Å². The molecule has 0 saturated carbocycles. The molecule has 2 aromatic carbocycles. The number of hydrogen-bond acceptors (Lipinski definition) is 3. The molecule has 5 heteroatoms. The van der Waals surface area contributed by atoms with Gasteiger partial charge < -0.3 is 11.1 Å². The first-order chi connectivity index (χ1) is 11.6. The van der Waals surface area contributed by atoms with Gasteiger partial charge >= 0.3 is 0 Å². The van der Waals surface area contributed by atoms with Crippen LogP contribution >= 0.6 is 0 Å². The fourth-order valence-electron chi connectivity index (χ4n) is 2.67. The zero-order valence-corrected chi connectivity index (χ0v) is 13.3.